The molecule has 0 radical (unpaired) electrons. The summed E-state index contributed by atoms with van der Waals surface area (Å²) in [5.74, 6) is 0.589. The smallest absolute Gasteiger partial charge is 0.182 e. The maximum atomic E-state index is 9.62. The molecule has 1 heterocycles. The Morgan fingerprint density at radius 2 is 1.58 bits per heavy atom. The van der Waals surface area contributed by atoms with Crippen molar-refractivity contribution in [2.45, 2.75) is 26.1 Å². The Kier molecular flexibility index (Phi) is 4.03. The number of aromatic nitrogens is 3. The Balaban J connectivity index is 2.37. The zero-order valence-corrected chi connectivity index (χ0v) is 10.8. The van der Waals surface area contributed by atoms with Crippen molar-refractivity contribution in [3.8, 4) is 0 Å². The van der Waals surface area contributed by atoms with Crippen molar-refractivity contribution in [2.24, 2.45) is 5.10 Å². The van der Waals surface area contributed by atoms with Crippen LogP contribution in [0.4, 0.5) is 0 Å². The predicted octanol–water partition coefficient (Wildman–Crippen LogP) is 1.27. The van der Waals surface area contributed by atoms with Gasteiger partial charge in [-0.15, -0.1) is 10.2 Å². The number of aliphatic hydroxyl groups excluding tert-OH is 2. The fourth-order valence-electron chi connectivity index (χ4n) is 1.61. The van der Waals surface area contributed by atoms with Crippen LogP contribution in [0.3, 0.4) is 0 Å². The van der Waals surface area contributed by atoms with E-state index in [1.165, 1.54) is 4.68 Å². The molecule has 0 bridgehead atoms. The molecule has 2 rings (SSSR count). The van der Waals surface area contributed by atoms with Crippen molar-refractivity contribution in [3.05, 3.63) is 47.5 Å². The predicted molar refractivity (Wildman–Crippen MR) is 70.7 cm³/mol. The van der Waals surface area contributed by atoms with Crippen molar-refractivity contribution < 1.29 is 10.2 Å². The molecule has 100 valence electrons. The molecule has 0 saturated heterocycles. The Labute approximate surface area is 111 Å². The van der Waals surface area contributed by atoms with Crippen LogP contribution in [0.1, 0.15) is 43.3 Å². The van der Waals surface area contributed by atoms with E-state index in [0.29, 0.717) is 11.6 Å². The van der Waals surface area contributed by atoms with Crippen LogP contribution in [0.25, 0.3) is 0 Å². The highest BCUT2D eigenvalue weighted by Crippen LogP contribution is 2.16. The standard InChI is InChI=1S/C13H16N4O2/c1-9(18)12-15-16-13(10(2)19)17(12)14-8-11-6-4-3-5-7-11/h3-10,18-19H,1-2H3/b14-8+. The summed E-state index contributed by atoms with van der Waals surface area (Å²) in [6, 6.07) is 9.52. The Hall–Kier alpha value is -2.05. The lowest BCUT2D eigenvalue weighted by molar-refractivity contribution is 0.174. The van der Waals surface area contributed by atoms with Gasteiger partial charge >= 0.3 is 0 Å². The van der Waals surface area contributed by atoms with Gasteiger partial charge in [-0.1, -0.05) is 30.3 Å². The van der Waals surface area contributed by atoms with Crippen molar-refractivity contribution in [2.75, 3.05) is 0 Å². The van der Waals surface area contributed by atoms with Crippen LogP contribution in [0.15, 0.2) is 35.4 Å². The summed E-state index contributed by atoms with van der Waals surface area (Å²) in [5.41, 5.74) is 0.907. The van der Waals surface area contributed by atoms with Gasteiger partial charge in [0.15, 0.2) is 11.6 Å². The molecule has 0 aliphatic rings. The van der Waals surface area contributed by atoms with Crippen LogP contribution in [-0.2, 0) is 0 Å². The topological polar surface area (TPSA) is 83.5 Å². The summed E-state index contributed by atoms with van der Waals surface area (Å²) < 4.78 is 1.36. The minimum Gasteiger partial charge on any atom is -0.385 e. The first kappa shape index (κ1) is 13.4. The lowest BCUT2D eigenvalue weighted by Crippen LogP contribution is -2.08. The zero-order chi connectivity index (χ0) is 13.8. The molecule has 2 unspecified atom stereocenters. The summed E-state index contributed by atoms with van der Waals surface area (Å²) in [5, 5.41) is 31.1. The van der Waals surface area contributed by atoms with Crippen LogP contribution in [0, 0.1) is 0 Å². The maximum Gasteiger partial charge on any atom is 0.182 e. The number of hydrogen-bond donors (Lipinski definition) is 2. The van der Waals surface area contributed by atoms with Gasteiger partial charge in [0.05, 0.1) is 6.21 Å². The zero-order valence-electron chi connectivity index (χ0n) is 10.8. The normalized spacial score (nSPS) is 14.7. The van der Waals surface area contributed by atoms with Gasteiger partial charge in [-0.25, -0.2) is 0 Å². The summed E-state index contributed by atoms with van der Waals surface area (Å²) >= 11 is 0. The van der Waals surface area contributed by atoms with E-state index in [-0.39, 0.29) is 0 Å². The molecule has 0 spiro atoms. The third-order valence-electron chi connectivity index (χ3n) is 2.56. The average Bonchev–Trinajstić information content (AvgIpc) is 2.81. The molecule has 1 aromatic heterocycles. The molecular weight excluding hydrogens is 244 g/mol. The molecule has 1 aromatic carbocycles. The average molecular weight is 260 g/mol. The summed E-state index contributed by atoms with van der Waals surface area (Å²) in [7, 11) is 0. The fourth-order valence-corrected chi connectivity index (χ4v) is 1.61. The molecule has 19 heavy (non-hydrogen) atoms. The number of hydrogen-bond acceptors (Lipinski definition) is 5. The Bertz CT molecular complexity index is 536. The molecule has 0 aliphatic heterocycles. The second-order valence-electron chi connectivity index (χ2n) is 4.24. The van der Waals surface area contributed by atoms with E-state index in [9.17, 15) is 10.2 Å². The molecule has 2 aromatic rings. The van der Waals surface area contributed by atoms with E-state index in [1.807, 2.05) is 30.3 Å². The van der Waals surface area contributed by atoms with Crippen molar-refractivity contribution >= 4 is 6.21 Å². The quantitative estimate of drug-likeness (QED) is 0.811. The van der Waals surface area contributed by atoms with Crippen LogP contribution in [0.5, 0.6) is 0 Å². The first-order chi connectivity index (χ1) is 9.09. The van der Waals surface area contributed by atoms with Crippen LogP contribution in [0.2, 0.25) is 0 Å². The molecule has 2 N–H and O–H groups in total. The van der Waals surface area contributed by atoms with E-state index in [2.05, 4.69) is 15.3 Å². The Morgan fingerprint density at radius 3 is 2.05 bits per heavy atom. The molecule has 0 fully saturated rings. The van der Waals surface area contributed by atoms with Crippen molar-refractivity contribution in [1.29, 1.82) is 0 Å². The summed E-state index contributed by atoms with van der Waals surface area (Å²) in [6.45, 7) is 3.15. The van der Waals surface area contributed by atoms with Crippen LogP contribution in [-0.4, -0.2) is 31.3 Å². The summed E-state index contributed by atoms with van der Waals surface area (Å²) in [6.07, 6.45) is 0.00190. The lowest BCUT2D eigenvalue weighted by atomic mass is 10.2. The van der Waals surface area contributed by atoms with Crippen molar-refractivity contribution in [1.82, 2.24) is 14.9 Å². The molecular formula is C13H16N4O2. The fraction of sp³-hybridized carbons (Fsp3) is 0.308. The highest BCUT2D eigenvalue weighted by Gasteiger charge is 2.18. The highest BCUT2D eigenvalue weighted by molar-refractivity contribution is 5.79. The molecule has 6 heteroatoms. The van der Waals surface area contributed by atoms with E-state index < -0.39 is 12.2 Å². The maximum absolute atomic E-state index is 9.62. The minimum absolute atomic E-state index is 0.295. The van der Waals surface area contributed by atoms with E-state index in [0.717, 1.165) is 5.56 Å². The van der Waals surface area contributed by atoms with Gasteiger partial charge in [-0.05, 0) is 19.4 Å². The molecule has 0 aliphatic carbocycles. The molecule has 2 atom stereocenters. The molecule has 0 amide bonds. The van der Waals surface area contributed by atoms with Crippen molar-refractivity contribution in [3.63, 3.8) is 0 Å². The summed E-state index contributed by atoms with van der Waals surface area (Å²) in [4.78, 5) is 0. The van der Waals surface area contributed by atoms with Gasteiger partial charge in [-0.3, -0.25) is 0 Å². The van der Waals surface area contributed by atoms with Gasteiger partial charge in [0.2, 0.25) is 0 Å². The van der Waals surface area contributed by atoms with Gasteiger partial charge < -0.3 is 10.2 Å². The first-order valence-electron chi connectivity index (χ1n) is 6.00. The lowest BCUT2D eigenvalue weighted by Gasteiger charge is -2.07. The monoisotopic (exact) mass is 260 g/mol. The second-order valence-corrected chi connectivity index (χ2v) is 4.24. The van der Waals surface area contributed by atoms with Gasteiger partial charge in [-0.2, -0.15) is 9.78 Å². The number of benzene rings is 1. The molecule has 0 saturated carbocycles. The third-order valence-corrected chi connectivity index (χ3v) is 2.56. The highest BCUT2D eigenvalue weighted by atomic mass is 16.3. The van der Waals surface area contributed by atoms with Gasteiger partial charge in [0, 0.05) is 0 Å². The minimum atomic E-state index is -0.812. The number of aliphatic hydroxyl groups is 2. The molecule has 6 nitrogen and oxygen atoms in total. The first-order valence-corrected chi connectivity index (χ1v) is 6.00. The van der Waals surface area contributed by atoms with Crippen LogP contribution >= 0.6 is 0 Å². The van der Waals surface area contributed by atoms with Gasteiger partial charge in [0.25, 0.3) is 0 Å². The van der Waals surface area contributed by atoms with E-state index in [1.54, 1.807) is 20.1 Å². The van der Waals surface area contributed by atoms with Gasteiger partial charge in [0.1, 0.15) is 12.2 Å². The second kappa shape index (κ2) is 5.73. The largest absolute Gasteiger partial charge is 0.385 e. The SMILES string of the molecule is CC(O)c1nnc(C(C)O)n1/N=C/c1ccccc1. The van der Waals surface area contributed by atoms with Crippen LogP contribution < -0.4 is 0 Å². The number of rotatable bonds is 4. The Morgan fingerprint density at radius 1 is 1.05 bits per heavy atom. The van der Waals surface area contributed by atoms with E-state index in [4.69, 9.17) is 0 Å². The number of nitrogens with zero attached hydrogens (tertiary/aromatic N) is 4. The third kappa shape index (κ3) is 3.04. The van der Waals surface area contributed by atoms with E-state index >= 15 is 0 Å².